The monoisotopic (exact) mass is 308 g/mol. The molecule has 0 spiro atoms. The van der Waals surface area contributed by atoms with Crippen LogP contribution in [-0.2, 0) is 6.54 Å². The Hall–Kier alpha value is -1.29. The highest BCUT2D eigenvalue weighted by molar-refractivity contribution is 6.35. The molecule has 2 heterocycles. The average Bonchev–Trinajstić information content (AvgIpc) is 2.46. The summed E-state index contributed by atoms with van der Waals surface area (Å²) >= 11 is 12.3. The summed E-state index contributed by atoms with van der Waals surface area (Å²) in [5, 5.41) is 4.71. The molecule has 5 heteroatoms. The maximum absolute atomic E-state index is 6.18. The highest BCUT2D eigenvalue weighted by atomic mass is 35.5. The van der Waals surface area contributed by atoms with E-state index in [1.807, 2.05) is 24.4 Å². The molecule has 0 radical (unpaired) electrons. The molecule has 1 aromatic carbocycles. The highest BCUT2D eigenvalue weighted by Crippen LogP contribution is 2.39. The van der Waals surface area contributed by atoms with Crippen molar-refractivity contribution in [1.29, 1.82) is 0 Å². The predicted octanol–water partition coefficient (Wildman–Crippen LogP) is 4.00. The summed E-state index contributed by atoms with van der Waals surface area (Å²) in [5.74, 6) is 0.742. The summed E-state index contributed by atoms with van der Waals surface area (Å²) in [6.45, 7) is 1.40. The second-order valence-electron chi connectivity index (χ2n) is 4.74. The molecule has 104 valence electrons. The van der Waals surface area contributed by atoms with Crippen molar-refractivity contribution in [1.82, 2.24) is 10.3 Å². The van der Waals surface area contributed by atoms with Crippen LogP contribution in [-0.4, -0.2) is 11.6 Å². The van der Waals surface area contributed by atoms with Crippen molar-refractivity contribution in [2.45, 2.75) is 19.0 Å². The van der Waals surface area contributed by atoms with Crippen molar-refractivity contribution in [3.63, 3.8) is 0 Å². The van der Waals surface area contributed by atoms with Gasteiger partial charge in [-0.25, -0.2) is 0 Å². The van der Waals surface area contributed by atoms with Gasteiger partial charge in [0.25, 0.3) is 0 Å². The van der Waals surface area contributed by atoms with Gasteiger partial charge in [0.1, 0.15) is 5.75 Å². The Kier molecular flexibility index (Phi) is 4.10. The van der Waals surface area contributed by atoms with Gasteiger partial charge >= 0.3 is 0 Å². The molecule has 1 aliphatic rings. The van der Waals surface area contributed by atoms with Crippen molar-refractivity contribution in [2.24, 2.45) is 0 Å². The van der Waals surface area contributed by atoms with E-state index < -0.39 is 0 Å². The normalized spacial score (nSPS) is 17.4. The topological polar surface area (TPSA) is 34.2 Å². The molecule has 3 nitrogen and oxygen atoms in total. The number of nitrogens with one attached hydrogen (secondary N) is 1. The first kappa shape index (κ1) is 13.7. The van der Waals surface area contributed by atoms with Crippen LogP contribution in [0, 0.1) is 0 Å². The summed E-state index contributed by atoms with van der Waals surface area (Å²) in [7, 11) is 0. The Balaban J connectivity index is 1.80. The van der Waals surface area contributed by atoms with Gasteiger partial charge in [0.15, 0.2) is 0 Å². The Bertz CT molecular complexity index is 604. The van der Waals surface area contributed by atoms with Gasteiger partial charge in [-0.2, -0.15) is 0 Å². The number of benzene rings is 1. The number of rotatable bonds is 3. The number of nitrogens with zero attached hydrogens (tertiary/aromatic N) is 1. The lowest BCUT2D eigenvalue weighted by molar-refractivity contribution is 0.252. The van der Waals surface area contributed by atoms with Crippen molar-refractivity contribution in [3.8, 4) is 5.75 Å². The van der Waals surface area contributed by atoms with Crippen LogP contribution in [0.4, 0.5) is 0 Å². The van der Waals surface area contributed by atoms with Crippen molar-refractivity contribution < 1.29 is 4.74 Å². The zero-order valence-corrected chi connectivity index (χ0v) is 12.3. The molecule has 1 aromatic heterocycles. The van der Waals surface area contributed by atoms with E-state index >= 15 is 0 Å². The number of pyridine rings is 1. The minimum absolute atomic E-state index is 0.190. The van der Waals surface area contributed by atoms with E-state index in [9.17, 15) is 0 Å². The summed E-state index contributed by atoms with van der Waals surface area (Å²) in [5.41, 5.74) is 2.17. The largest absolute Gasteiger partial charge is 0.492 e. The average molecular weight is 309 g/mol. The number of ether oxygens (including phenoxy) is 1. The Labute approximate surface area is 127 Å². The molecule has 0 amide bonds. The predicted molar refractivity (Wildman–Crippen MR) is 80.4 cm³/mol. The fourth-order valence-electron chi connectivity index (χ4n) is 2.38. The maximum atomic E-state index is 6.18. The summed E-state index contributed by atoms with van der Waals surface area (Å²) in [6, 6.07) is 7.80. The van der Waals surface area contributed by atoms with E-state index in [1.165, 1.54) is 0 Å². The lowest BCUT2D eigenvalue weighted by Crippen LogP contribution is -2.27. The van der Waals surface area contributed by atoms with Crippen molar-refractivity contribution in [3.05, 3.63) is 57.8 Å². The number of halogens is 2. The first-order chi connectivity index (χ1) is 9.74. The van der Waals surface area contributed by atoms with Crippen LogP contribution in [0.1, 0.15) is 23.6 Å². The Morgan fingerprint density at radius 3 is 3.05 bits per heavy atom. The van der Waals surface area contributed by atoms with Gasteiger partial charge in [0, 0.05) is 42.0 Å². The van der Waals surface area contributed by atoms with E-state index in [0.717, 1.165) is 29.8 Å². The summed E-state index contributed by atoms with van der Waals surface area (Å²) < 4.78 is 5.65. The lowest BCUT2D eigenvalue weighted by Gasteiger charge is -2.27. The third kappa shape index (κ3) is 2.90. The van der Waals surface area contributed by atoms with E-state index in [0.29, 0.717) is 16.7 Å². The molecule has 3 rings (SSSR count). The molecule has 1 aliphatic heterocycles. The Morgan fingerprint density at radius 2 is 2.25 bits per heavy atom. The van der Waals surface area contributed by atoms with E-state index in [2.05, 4.69) is 10.3 Å². The fourth-order valence-corrected chi connectivity index (χ4v) is 2.95. The molecule has 1 atom stereocenters. The quantitative estimate of drug-likeness (QED) is 0.930. The van der Waals surface area contributed by atoms with Crippen LogP contribution in [0.3, 0.4) is 0 Å². The third-order valence-electron chi connectivity index (χ3n) is 3.34. The van der Waals surface area contributed by atoms with Crippen LogP contribution in [0.5, 0.6) is 5.75 Å². The van der Waals surface area contributed by atoms with E-state index in [1.54, 1.807) is 12.3 Å². The molecule has 0 fully saturated rings. The van der Waals surface area contributed by atoms with Crippen molar-refractivity contribution >= 4 is 23.2 Å². The van der Waals surface area contributed by atoms with Gasteiger partial charge in [-0.15, -0.1) is 0 Å². The fraction of sp³-hybridized carbons (Fsp3) is 0.267. The van der Waals surface area contributed by atoms with Crippen LogP contribution in [0.25, 0.3) is 0 Å². The highest BCUT2D eigenvalue weighted by Gasteiger charge is 2.23. The number of hydrogen-bond acceptors (Lipinski definition) is 3. The first-order valence-electron chi connectivity index (χ1n) is 6.48. The van der Waals surface area contributed by atoms with Crippen LogP contribution < -0.4 is 10.1 Å². The molecule has 2 aromatic rings. The van der Waals surface area contributed by atoms with Crippen LogP contribution >= 0.6 is 23.2 Å². The van der Waals surface area contributed by atoms with Gasteiger partial charge < -0.3 is 10.1 Å². The molecule has 0 saturated heterocycles. The SMILES string of the molecule is Clc1cc(Cl)c2c(c1)C(NCc1cccnc1)CCO2. The first-order valence-corrected chi connectivity index (χ1v) is 7.23. The molecule has 20 heavy (non-hydrogen) atoms. The van der Waals surface area contributed by atoms with Crippen LogP contribution in [0.15, 0.2) is 36.7 Å². The van der Waals surface area contributed by atoms with Gasteiger partial charge in [-0.1, -0.05) is 29.3 Å². The molecular weight excluding hydrogens is 295 g/mol. The van der Waals surface area contributed by atoms with Gasteiger partial charge in [-0.05, 0) is 23.8 Å². The standard InChI is InChI=1S/C15H14Cl2N2O/c16-11-6-12-14(3-5-20-15(12)13(17)7-11)19-9-10-2-1-4-18-8-10/h1-2,4,6-8,14,19H,3,5,9H2. The summed E-state index contributed by atoms with van der Waals surface area (Å²) in [6.07, 6.45) is 4.52. The van der Waals surface area contributed by atoms with Crippen LogP contribution in [0.2, 0.25) is 10.0 Å². The molecule has 0 saturated carbocycles. The minimum Gasteiger partial charge on any atom is -0.492 e. The van der Waals surface area contributed by atoms with Gasteiger partial charge in [-0.3, -0.25) is 4.98 Å². The lowest BCUT2D eigenvalue weighted by atomic mass is 10.0. The third-order valence-corrected chi connectivity index (χ3v) is 3.84. The minimum atomic E-state index is 0.190. The smallest absolute Gasteiger partial charge is 0.142 e. The number of hydrogen-bond donors (Lipinski definition) is 1. The van der Waals surface area contributed by atoms with Crippen molar-refractivity contribution in [2.75, 3.05) is 6.61 Å². The molecule has 1 N–H and O–H groups in total. The number of fused-ring (bicyclic) bond motifs is 1. The van der Waals surface area contributed by atoms with E-state index in [-0.39, 0.29) is 6.04 Å². The molecule has 0 aliphatic carbocycles. The molecule has 0 bridgehead atoms. The number of aromatic nitrogens is 1. The summed E-state index contributed by atoms with van der Waals surface area (Å²) in [4.78, 5) is 4.11. The second-order valence-corrected chi connectivity index (χ2v) is 5.58. The maximum Gasteiger partial charge on any atom is 0.142 e. The van der Waals surface area contributed by atoms with Gasteiger partial charge in [0.2, 0.25) is 0 Å². The van der Waals surface area contributed by atoms with E-state index in [4.69, 9.17) is 27.9 Å². The zero-order valence-electron chi connectivity index (χ0n) is 10.8. The second kappa shape index (κ2) is 6.00. The Morgan fingerprint density at radius 1 is 1.35 bits per heavy atom. The zero-order chi connectivity index (χ0) is 13.9. The van der Waals surface area contributed by atoms with Gasteiger partial charge in [0.05, 0.1) is 11.6 Å². The molecular formula is C15H14Cl2N2O. The molecule has 1 unspecified atom stereocenters.